The van der Waals surface area contributed by atoms with E-state index in [1.54, 1.807) is 13.0 Å². The maximum atomic E-state index is 13.6. The zero-order valence-corrected chi connectivity index (χ0v) is 31.1. The standard InChI is InChI=1S/C39H56ClN3O5S/c1-4-28(9-7-19-41)22-39(45)18-5-8-26(2)27(3)49(46,47)42-37(44)30-12-16-36-35(21-30)43(23-31-11-14-34(31)39)24-38(25-48-36)17-6-10-29-20-32(40)13-15-33(29)38/h12-13,15-16,20-21,26-28,31,34,45H,4-11,14,17-19,22-25,41H2,1-3H3,(H,42,44)/t26-,27+,28+,31-,34+,38-,39-/m0/s1. The average Bonchev–Trinajstić information content (AvgIpc) is 3.20. The minimum atomic E-state index is -3.94. The molecule has 1 saturated carbocycles. The van der Waals surface area contributed by atoms with Crippen molar-refractivity contribution in [1.29, 1.82) is 0 Å². The molecule has 2 aliphatic carbocycles. The number of nitrogens with two attached hydrogens (primary N) is 1. The summed E-state index contributed by atoms with van der Waals surface area (Å²) >= 11 is 6.46. The summed E-state index contributed by atoms with van der Waals surface area (Å²) in [7, 11) is -3.94. The Balaban J connectivity index is 1.42. The van der Waals surface area contributed by atoms with Gasteiger partial charge in [-0.2, -0.15) is 0 Å². The first-order valence-corrected chi connectivity index (χ1v) is 20.6. The van der Waals surface area contributed by atoms with Crippen molar-refractivity contribution in [2.24, 2.45) is 29.4 Å². The van der Waals surface area contributed by atoms with Crippen LogP contribution in [-0.4, -0.2) is 56.5 Å². The normalized spacial score (nSPS) is 32.1. The first-order chi connectivity index (χ1) is 23.4. The summed E-state index contributed by atoms with van der Waals surface area (Å²) in [6.07, 6.45) is 10.7. The predicted molar refractivity (Wildman–Crippen MR) is 197 cm³/mol. The van der Waals surface area contributed by atoms with Crippen molar-refractivity contribution in [3.63, 3.8) is 0 Å². The molecule has 1 fully saturated rings. The number of rotatable bonds is 6. The van der Waals surface area contributed by atoms with Gasteiger partial charge >= 0.3 is 0 Å². The SMILES string of the molecule is CC[C@H](CCCN)C[C@@]1(O)CCC[C@H](C)[C@@H](C)S(=O)(=O)NC(=O)c2ccc3c(c2)N(C[C@@H]2CC[C@H]21)C[C@@]1(CCCc2cc(Cl)ccc21)CO3. The number of aliphatic hydroxyl groups is 1. The van der Waals surface area contributed by atoms with Crippen LogP contribution >= 0.6 is 11.6 Å². The number of halogens is 1. The number of amides is 1. The maximum absolute atomic E-state index is 13.6. The molecular formula is C39H56ClN3O5S. The molecule has 2 aromatic carbocycles. The highest BCUT2D eigenvalue weighted by atomic mass is 35.5. The van der Waals surface area contributed by atoms with Gasteiger partial charge in [0.05, 0.1) is 23.1 Å². The fourth-order valence-corrected chi connectivity index (χ4v) is 10.9. The summed E-state index contributed by atoms with van der Waals surface area (Å²) in [5.41, 5.74) is 8.41. The van der Waals surface area contributed by atoms with E-state index in [4.69, 9.17) is 22.1 Å². The second-order valence-corrected chi connectivity index (χ2v) is 18.3. The summed E-state index contributed by atoms with van der Waals surface area (Å²) in [4.78, 5) is 15.9. The molecule has 0 radical (unpaired) electrons. The molecule has 270 valence electrons. The molecule has 10 heteroatoms. The first kappa shape index (κ1) is 36.5. The van der Waals surface area contributed by atoms with Crippen molar-refractivity contribution >= 4 is 33.2 Å². The number of nitrogens with zero attached hydrogens (tertiary/aromatic N) is 1. The number of hydrogen-bond donors (Lipinski definition) is 3. The molecule has 7 atom stereocenters. The van der Waals surface area contributed by atoms with Crippen LogP contribution < -0.4 is 20.1 Å². The highest BCUT2D eigenvalue weighted by molar-refractivity contribution is 7.90. The molecule has 0 unspecified atom stereocenters. The largest absolute Gasteiger partial charge is 0.490 e. The van der Waals surface area contributed by atoms with Crippen LogP contribution in [-0.2, 0) is 21.9 Å². The van der Waals surface area contributed by atoms with E-state index in [-0.39, 0.29) is 23.2 Å². The van der Waals surface area contributed by atoms with Crippen LogP contribution in [0.4, 0.5) is 5.69 Å². The molecule has 4 N–H and O–H groups in total. The van der Waals surface area contributed by atoms with Gasteiger partial charge in [-0.1, -0.05) is 44.4 Å². The minimum Gasteiger partial charge on any atom is -0.490 e. The van der Waals surface area contributed by atoms with Crippen LogP contribution in [0.2, 0.25) is 5.02 Å². The molecule has 49 heavy (non-hydrogen) atoms. The van der Waals surface area contributed by atoms with Crippen LogP contribution in [0.3, 0.4) is 0 Å². The fourth-order valence-electron chi connectivity index (χ4n) is 9.38. The Morgan fingerprint density at radius 1 is 1.12 bits per heavy atom. The van der Waals surface area contributed by atoms with Crippen molar-refractivity contribution in [3.8, 4) is 5.75 Å². The van der Waals surface area contributed by atoms with E-state index in [2.05, 4.69) is 28.7 Å². The lowest BCUT2D eigenvalue weighted by atomic mass is 9.60. The third-order valence-corrected chi connectivity index (χ3v) is 14.8. The zero-order chi connectivity index (χ0) is 35.0. The van der Waals surface area contributed by atoms with Crippen LogP contribution in [0.25, 0.3) is 0 Å². The van der Waals surface area contributed by atoms with Gasteiger partial charge in [-0.3, -0.25) is 4.79 Å². The number of ether oxygens (including phenoxy) is 1. The number of benzene rings is 2. The third-order valence-electron chi connectivity index (χ3n) is 12.7. The van der Waals surface area contributed by atoms with Crippen LogP contribution in [0, 0.1) is 23.7 Å². The topological polar surface area (TPSA) is 122 Å². The molecular weight excluding hydrogens is 658 g/mol. The van der Waals surface area contributed by atoms with Crippen molar-refractivity contribution in [3.05, 3.63) is 58.1 Å². The molecule has 2 heterocycles. The Bertz CT molecular complexity index is 1620. The molecule has 2 aliphatic heterocycles. The van der Waals surface area contributed by atoms with Crippen LogP contribution in [0.1, 0.15) is 113 Å². The number of hydrogen-bond acceptors (Lipinski definition) is 7. The Labute approximate surface area is 298 Å². The van der Waals surface area contributed by atoms with E-state index in [9.17, 15) is 18.3 Å². The van der Waals surface area contributed by atoms with E-state index < -0.39 is 26.8 Å². The van der Waals surface area contributed by atoms with Crippen molar-refractivity contribution < 1.29 is 23.1 Å². The molecule has 0 saturated heterocycles. The van der Waals surface area contributed by atoms with E-state index in [0.717, 1.165) is 81.5 Å². The number of carbonyl (C=O) groups is 1. The van der Waals surface area contributed by atoms with E-state index in [1.165, 1.54) is 11.1 Å². The van der Waals surface area contributed by atoms with Gasteiger partial charge in [-0.15, -0.1) is 0 Å². The number of anilines is 1. The molecule has 2 bridgehead atoms. The quantitative estimate of drug-likeness (QED) is 0.295. The van der Waals surface area contributed by atoms with E-state index in [0.29, 0.717) is 49.8 Å². The summed E-state index contributed by atoms with van der Waals surface area (Å²) in [5.74, 6) is 0.686. The number of carbonyl (C=O) groups excluding carboxylic acids is 1. The Hall–Kier alpha value is -2.33. The van der Waals surface area contributed by atoms with Crippen molar-refractivity contribution in [2.75, 3.05) is 31.1 Å². The van der Waals surface area contributed by atoms with Crippen molar-refractivity contribution in [1.82, 2.24) is 4.72 Å². The van der Waals surface area contributed by atoms with E-state index >= 15 is 0 Å². The van der Waals surface area contributed by atoms with Gasteiger partial charge in [0.25, 0.3) is 5.91 Å². The van der Waals surface area contributed by atoms with Gasteiger partial charge in [0.1, 0.15) is 5.75 Å². The zero-order valence-electron chi connectivity index (χ0n) is 29.6. The number of aryl methyl sites for hydroxylation is 1. The smallest absolute Gasteiger partial charge is 0.264 e. The Kier molecular flexibility index (Phi) is 11.0. The molecule has 1 amide bonds. The molecule has 8 nitrogen and oxygen atoms in total. The lowest BCUT2D eigenvalue weighted by Crippen LogP contribution is -2.53. The molecule has 1 spiro atoms. The molecule has 0 aromatic heterocycles. The average molecular weight is 714 g/mol. The van der Waals surface area contributed by atoms with E-state index in [1.807, 2.05) is 25.1 Å². The molecule has 2 aromatic rings. The lowest BCUT2D eigenvalue weighted by molar-refractivity contribution is -0.104. The Morgan fingerprint density at radius 3 is 2.67 bits per heavy atom. The highest BCUT2D eigenvalue weighted by Gasteiger charge is 2.49. The van der Waals surface area contributed by atoms with Gasteiger partial charge < -0.3 is 20.5 Å². The van der Waals surface area contributed by atoms with Crippen LogP contribution in [0.15, 0.2) is 36.4 Å². The lowest BCUT2D eigenvalue weighted by Gasteiger charge is -2.51. The van der Waals surface area contributed by atoms with Crippen molar-refractivity contribution in [2.45, 2.75) is 114 Å². The molecule has 6 rings (SSSR count). The second kappa shape index (κ2) is 14.7. The summed E-state index contributed by atoms with van der Waals surface area (Å²) in [6, 6.07) is 11.5. The maximum Gasteiger partial charge on any atom is 0.264 e. The van der Waals surface area contributed by atoms with Gasteiger partial charge in [-0.05, 0) is 143 Å². The Morgan fingerprint density at radius 2 is 1.94 bits per heavy atom. The third kappa shape index (κ3) is 7.51. The minimum absolute atomic E-state index is 0.135. The summed E-state index contributed by atoms with van der Waals surface area (Å²) in [5, 5.41) is 12.7. The van der Waals surface area contributed by atoms with Gasteiger partial charge in [0.15, 0.2) is 0 Å². The predicted octanol–water partition coefficient (Wildman–Crippen LogP) is 6.99. The summed E-state index contributed by atoms with van der Waals surface area (Å²) < 4.78 is 36.0. The van der Waals surface area contributed by atoms with Gasteiger partial charge in [-0.25, -0.2) is 13.1 Å². The highest BCUT2D eigenvalue weighted by Crippen LogP contribution is 2.50. The first-order valence-electron chi connectivity index (χ1n) is 18.7. The second-order valence-electron chi connectivity index (χ2n) is 15.8. The van der Waals surface area contributed by atoms with Gasteiger partial charge in [0.2, 0.25) is 10.0 Å². The monoisotopic (exact) mass is 713 g/mol. The number of sulfonamides is 1. The number of nitrogens with one attached hydrogen (secondary N) is 1. The fraction of sp³-hybridized carbons (Fsp3) is 0.667. The van der Waals surface area contributed by atoms with Crippen LogP contribution in [0.5, 0.6) is 5.75 Å². The summed E-state index contributed by atoms with van der Waals surface area (Å²) in [6.45, 7) is 8.39. The molecule has 4 aliphatic rings. The van der Waals surface area contributed by atoms with Gasteiger partial charge in [0, 0.05) is 29.1 Å². The number of fused-ring (bicyclic) bond motifs is 4.